The summed E-state index contributed by atoms with van der Waals surface area (Å²) in [5.74, 6) is -1.45. The van der Waals surface area contributed by atoms with E-state index in [1.54, 1.807) is 36.5 Å². The van der Waals surface area contributed by atoms with Crippen molar-refractivity contribution in [1.29, 1.82) is 0 Å². The number of pyridine rings is 3. The summed E-state index contributed by atoms with van der Waals surface area (Å²) < 4.78 is 9.68. The molecule has 0 atom stereocenters. The molecule has 0 amide bonds. The van der Waals surface area contributed by atoms with Crippen LogP contribution in [0.5, 0.6) is 0 Å². The van der Waals surface area contributed by atoms with E-state index in [9.17, 15) is 9.59 Å². The molecule has 27 heavy (non-hydrogen) atoms. The Hall–Kier alpha value is -3.32. The molecule has 3 aromatic heterocycles. The van der Waals surface area contributed by atoms with Crippen molar-refractivity contribution in [2.45, 2.75) is 0 Å². The van der Waals surface area contributed by atoms with Crippen molar-refractivity contribution in [3.05, 3.63) is 64.9 Å². The van der Waals surface area contributed by atoms with Crippen LogP contribution in [0.15, 0.2) is 48.8 Å². The van der Waals surface area contributed by atoms with E-state index in [0.717, 1.165) is 0 Å². The second-order valence-corrected chi connectivity index (χ2v) is 5.77. The molecule has 0 fully saturated rings. The van der Waals surface area contributed by atoms with Gasteiger partial charge in [0.1, 0.15) is 11.3 Å². The molecule has 8 heteroatoms. The van der Waals surface area contributed by atoms with Crippen LogP contribution in [0.2, 0.25) is 5.02 Å². The Bertz CT molecular complexity index is 1010. The van der Waals surface area contributed by atoms with Gasteiger partial charge < -0.3 is 9.47 Å². The van der Waals surface area contributed by atoms with Crippen LogP contribution in [0.25, 0.3) is 22.8 Å². The second kappa shape index (κ2) is 7.92. The first-order valence-electron chi connectivity index (χ1n) is 7.80. The first-order valence-corrected chi connectivity index (χ1v) is 8.18. The van der Waals surface area contributed by atoms with E-state index in [4.69, 9.17) is 21.1 Å². The second-order valence-electron chi connectivity index (χ2n) is 5.34. The zero-order valence-corrected chi connectivity index (χ0v) is 15.2. The number of hydrogen-bond donors (Lipinski definition) is 0. The number of methoxy groups -OCH3 is 2. The number of rotatable bonds is 4. The predicted octanol–water partition coefficient (Wildman–Crippen LogP) is 3.43. The molecule has 0 saturated heterocycles. The molecule has 0 aliphatic heterocycles. The molecule has 0 spiro atoms. The molecule has 0 unspecified atom stereocenters. The largest absolute Gasteiger partial charge is 0.465 e. The molecular weight excluding hydrogens is 370 g/mol. The minimum absolute atomic E-state index is 0.00298. The Morgan fingerprint density at radius 3 is 2.26 bits per heavy atom. The lowest BCUT2D eigenvalue weighted by atomic mass is 10.0. The van der Waals surface area contributed by atoms with Crippen LogP contribution in [-0.2, 0) is 9.47 Å². The van der Waals surface area contributed by atoms with Crippen LogP contribution in [0.3, 0.4) is 0 Å². The van der Waals surface area contributed by atoms with Gasteiger partial charge in [0.25, 0.3) is 0 Å². The van der Waals surface area contributed by atoms with Crippen molar-refractivity contribution in [3.8, 4) is 22.8 Å². The van der Waals surface area contributed by atoms with Gasteiger partial charge in [-0.25, -0.2) is 14.6 Å². The molecule has 0 aliphatic rings. The Kier molecular flexibility index (Phi) is 5.42. The smallest absolute Gasteiger partial charge is 0.341 e. The molecule has 136 valence electrons. The average Bonchev–Trinajstić information content (AvgIpc) is 2.72. The van der Waals surface area contributed by atoms with Crippen LogP contribution in [-0.4, -0.2) is 41.1 Å². The topological polar surface area (TPSA) is 91.3 Å². The van der Waals surface area contributed by atoms with Crippen LogP contribution in [0.4, 0.5) is 0 Å². The highest BCUT2D eigenvalue weighted by Crippen LogP contribution is 2.30. The summed E-state index contributed by atoms with van der Waals surface area (Å²) in [5.41, 5.74) is 1.29. The third kappa shape index (κ3) is 3.78. The molecule has 7 nitrogen and oxygen atoms in total. The summed E-state index contributed by atoms with van der Waals surface area (Å²) in [4.78, 5) is 37.8. The summed E-state index contributed by atoms with van der Waals surface area (Å²) in [6, 6.07) is 9.84. The fourth-order valence-electron chi connectivity index (χ4n) is 2.49. The van der Waals surface area contributed by atoms with Gasteiger partial charge in [0.15, 0.2) is 0 Å². The maximum absolute atomic E-state index is 12.4. The fourth-order valence-corrected chi connectivity index (χ4v) is 2.65. The third-order valence-electron chi connectivity index (χ3n) is 3.71. The molecule has 0 saturated carbocycles. The molecule has 3 rings (SSSR count). The van der Waals surface area contributed by atoms with Crippen molar-refractivity contribution in [2.24, 2.45) is 0 Å². The first kappa shape index (κ1) is 18.5. The highest BCUT2D eigenvalue weighted by Gasteiger charge is 2.27. The Balaban J connectivity index is 2.37. The standard InChI is InChI=1S/C19H14ClN3O4/c1-26-18(24)12-10-14(13-5-3-4-7-21-13)23-17(16(12)19(25)27-2)15-9-11(20)6-8-22-15/h3-10H,1-2H3. The summed E-state index contributed by atoms with van der Waals surface area (Å²) in [7, 11) is 2.44. The summed E-state index contributed by atoms with van der Waals surface area (Å²) in [6.45, 7) is 0. The number of nitrogens with zero attached hydrogens (tertiary/aromatic N) is 3. The molecule has 0 N–H and O–H groups in total. The van der Waals surface area contributed by atoms with Crippen LogP contribution >= 0.6 is 11.6 Å². The number of aromatic nitrogens is 3. The van der Waals surface area contributed by atoms with Crippen molar-refractivity contribution in [3.63, 3.8) is 0 Å². The van der Waals surface area contributed by atoms with Gasteiger partial charge in [-0.15, -0.1) is 0 Å². The summed E-state index contributed by atoms with van der Waals surface area (Å²) in [5, 5.41) is 0.403. The van der Waals surface area contributed by atoms with Gasteiger partial charge in [0.05, 0.1) is 36.9 Å². The lowest BCUT2D eigenvalue weighted by Gasteiger charge is -2.13. The SMILES string of the molecule is COC(=O)c1cc(-c2ccccn2)nc(-c2cc(Cl)ccn2)c1C(=O)OC. The molecule has 0 aliphatic carbocycles. The molecular formula is C19H14ClN3O4. The number of esters is 2. The van der Waals surface area contributed by atoms with Crippen LogP contribution in [0.1, 0.15) is 20.7 Å². The van der Waals surface area contributed by atoms with Gasteiger partial charge in [0, 0.05) is 17.4 Å². The van der Waals surface area contributed by atoms with Crippen molar-refractivity contribution in [1.82, 2.24) is 15.0 Å². The number of ether oxygens (including phenoxy) is 2. The van der Waals surface area contributed by atoms with Crippen LogP contribution in [0, 0.1) is 0 Å². The number of carbonyl (C=O) groups is 2. The lowest BCUT2D eigenvalue weighted by molar-refractivity contribution is 0.0555. The molecule has 3 heterocycles. The van der Waals surface area contributed by atoms with E-state index in [1.807, 2.05) is 0 Å². The van der Waals surface area contributed by atoms with Crippen molar-refractivity contribution in [2.75, 3.05) is 14.2 Å². The van der Waals surface area contributed by atoms with Gasteiger partial charge in [0.2, 0.25) is 0 Å². The lowest BCUT2D eigenvalue weighted by Crippen LogP contribution is -2.15. The number of hydrogen-bond acceptors (Lipinski definition) is 7. The quantitative estimate of drug-likeness (QED) is 0.637. The predicted molar refractivity (Wildman–Crippen MR) is 98.4 cm³/mol. The van der Waals surface area contributed by atoms with Crippen molar-refractivity contribution < 1.29 is 19.1 Å². The summed E-state index contributed by atoms with van der Waals surface area (Å²) in [6.07, 6.45) is 3.08. The van der Waals surface area contributed by atoms with E-state index in [0.29, 0.717) is 22.1 Å². The molecule has 0 aromatic carbocycles. The van der Waals surface area contributed by atoms with Crippen LogP contribution < -0.4 is 0 Å². The number of halogens is 1. The van der Waals surface area contributed by atoms with Gasteiger partial charge in [-0.3, -0.25) is 9.97 Å². The Morgan fingerprint density at radius 1 is 0.889 bits per heavy atom. The van der Waals surface area contributed by atoms with E-state index in [-0.39, 0.29) is 16.8 Å². The van der Waals surface area contributed by atoms with Gasteiger partial charge >= 0.3 is 11.9 Å². The van der Waals surface area contributed by atoms with E-state index < -0.39 is 11.9 Å². The number of carbonyl (C=O) groups excluding carboxylic acids is 2. The van der Waals surface area contributed by atoms with E-state index in [1.165, 1.54) is 26.5 Å². The Labute approximate surface area is 160 Å². The minimum Gasteiger partial charge on any atom is -0.465 e. The third-order valence-corrected chi connectivity index (χ3v) is 3.94. The summed E-state index contributed by atoms with van der Waals surface area (Å²) >= 11 is 6.06. The maximum Gasteiger partial charge on any atom is 0.341 e. The Morgan fingerprint density at radius 2 is 1.63 bits per heavy atom. The highest BCUT2D eigenvalue weighted by molar-refractivity contribution is 6.30. The van der Waals surface area contributed by atoms with E-state index in [2.05, 4.69) is 15.0 Å². The minimum atomic E-state index is -0.743. The fraction of sp³-hybridized carbons (Fsp3) is 0.105. The molecule has 3 aromatic rings. The molecule has 0 bridgehead atoms. The normalized spacial score (nSPS) is 10.3. The highest BCUT2D eigenvalue weighted by atomic mass is 35.5. The van der Waals surface area contributed by atoms with E-state index >= 15 is 0 Å². The zero-order valence-electron chi connectivity index (χ0n) is 14.5. The van der Waals surface area contributed by atoms with Gasteiger partial charge in [-0.2, -0.15) is 0 Å². The first-order chi connectivity index (χ1) is 13.0. The molecule has 0 radical (unpaired) electrons. The maximum atomic E-state index is 12.4. The monoisotopic (exact) mass is 383 g/mol. The van der Waals surface area contributed by atoms with Gasteiger partial charge in [-0.1, -0.05) is 17.7 Å². The van der Waals surface area contributed by atoms with Gasteiger partial charge in [-0.05, 0) is 30.3 Å². The van der Waals surface area contributed by atoms with Crippen molar-refractivity contribution >= 4 is 23.5 Å². The average molecular weight is 384 g/mol. The zero-order chi connectivity index (χ0) is 19.4.